The highest BCUT2D eigenvalue weighted by molar-refractivity contribution is 5.85. The molecule has 0 aromatic heterocycles. The number of benzene rings is 1. The number of aliphatic imine (C=N–C) groups is 1. The minimum Gasteiger partial charge on any atom is -0.454 e. The molecule has 2 aliphatic rings. The smallest absolute Gasteiger partial charge is 0.242 e. The third-order valence-electron chi connectivity index (χ3n) is 5.27. The van der Waals surface area contributed by atoms with Crippen LogP contribution in [0.25, 0.3) is 0 Å². The first-order chi connectivity index (χ1) is 14.3. The first kappa shape index (κ1) is 22.2. The number of amides is 1. The fourth-order valence-electron chi connectivity index (χ4n) is 3.76. The lowest BCUT2D eigenvalue weighted by atomic mass is 9.74. The summed E-state index contributed by atoms with van der Waals surface area (Å²) >= 11 is 0. The van der Waals surface area contributed by atoms with Crippen LogP contribution in [0.1, 0.15) is 46.1 Å². The van der Waals surface area contributed by atoms with Gasteiger partial charge in [-0.05, 0) is 58.2 Å². The summed E-state index contributed by atoms with van der Waals surface area (Å²) in [4.78, 5) is 16.6. The summed E-state index contributed by atoms with van der Waals surface area (Å²) in [5, 5.41) is 9.62. The molecule has 3 rings (SSSR count). The molecule has 2 heterocycles. The van der Waals surface area contributed by atoms with Crippen molar-refractivity contribution < 1.29 is 19.0 Å². The van der Waals surface area contributed by atoms with E-state index in [9.17, 15) is 4.79 Å². The molecule has 1 amide bonds. The Bertz CT molecular complexity index is 767. The molecule has 0 atom stereocenters. The first-order valence-corrected chi connectivity index (χ1v) is 10.6. The molecule has 1 fully saturated rings. The minimum atomic E-state index is -0.274. The lowest BCUT2D eigenvalue weighted by Gasteiger charge is -2.38. The van der Waals surface area contributed by atoms with Crippen molar-refractivity contribution in [3.05, 3.63) is 23.8 Å². The number of fused-ring (bicyclic) bond motifs is 1. The topological polar surface area (TPSA) is 93.2 Å². The Morgan fingerprint density at radius 3 is 2.57 bits per heavy atom. The molecule has 3 N–H and O–H groups in total. The van der Waals surface area contributed by atoms with Crippen LogP contribution < -0.4 is 25.4 Å². The maximum Gasteiger partial charge on any atom is 0.242 e. The standard InChI is InChI=1S/C22H34N4O4/c1-5-23-20(24-13-19(27)26-21(2,3)4)25-14-22(8-10-28-11-9-22)16-6-7-17-18(12-16)30-15-29-17/h6-7,12H,5,8-11,13-15H2,1-4H3,(H,26,27)(H2,23,24,25). The quantitative estimate of drug-likeness (QED) is 0.483. The lowest BCUT2D eigenvalue weighted by molar-refractivity contribution is -0.121. The summed E-state index contributed by atoms with van der Waals surface area (Å²) in [7, 11) is 0. The fourth-order valence-corrected chi connectivity index (χ4v) is 3.76. The first-order valence-electron chi connectivity index (χ1n) is 10.6. The second-order valence-electron chi connectivity index (χ2n) is 8.81. The van der Waals surface area contributed by atoms with E-state index in [2.05, 4.69) is 33.1 Å². The fraction of sp³-hybridized carbons (Fsp3) is 0.636. The molecule has 30 heavy (non-hydrogen) atoms. The van der Waals surface area contributed by atoms with Crippen molar-refractivity contribution >= 4 is 11.9 Å². The number of hydrogen-bond acceptors (Lipinski definition) is 5. The van der Waals surface area contributed by atoms with Gasteiger partial charge in [-0.15, -0.1) is 0 Å². The van der Waals surface area contributed by atoms with E-state index in [0.717, 1.165) is 24.3 Å². The SMILES string of the molecule is CCNC(=NCC(=O)NC(C)(C)C)NCC1(c2ccc3c(c2)OCO3)CCOCC1. The molecule has 1 aromatic carbocycles. The van der Waals surface area contributed by atoms with Crippen molar-refractivity contribution in [2.24, 2.45) is 4.99 Å². The molecule has 0 aliphatic carbocycles. The van der Waals surface area contributed by atoms with E-state index >= 15 is 0 Å². The molecule has 0 saturated carbocycles. The molecule has 166 valence electrons. The zero-order valence-electron chi connectivity index (χ0n) is 18.5. The Morgan fingerprint density at radius 1 is 1.13 bits per heavy atom. The van der Waals surface area contributed by atoms with Gasteiger partial charge in [0.25, 0.3) is 0 Å². The molecule has 0 radical (unpaired) electrons. The zero-order valence-corrected chi connectivity index (χ0v) is 18.5. The molecule has 8 heteroatoms. The van der Waals surface area contributed by atoms with E-state index in [1.165, 1.54) is 5.56 Å². The van der Waals surface area contributed by atoms with Crippen molar-refractivity contribution in [3.8, 4) is 11.5 Å². The number of nitrogens with zero attached hydrogens (tertiary/aromatic N) is 1. The van der Waals surface area contributed by atoms with Gasteiger partial charge < -0.3 is 30.2 Å². The number of ether oxygens (including phenoxy) is 3. The highest BCUT2D eigenvalue weighted by Crippen LogP contribution is 2.40. The summed E-state index contributed by atoms with van der Waals surface area (Å²) in [6, 6.07) is 6.17. The molecular formula is C22H34N4O4. The van der Waals surface area contributed by atoms with Crippen molar-refractivity contribution in [2.45, 2.75) is 51.5 Å². The van der Waals surface area contributed by atoms with Gasteiger partial charge in [-0.3, -0.25) is 4.79 Å². The predicted molar refractivity (Wildman–Crippen MR) is 116 cm³/mol. The lowest BCUT2D eigenvalue weighted by Crippen LogP contribution is -2.48. The normalized spacial score (nSPS) is 18.1. The van der Waals surface area contributed by atoms with Gasteiger partial charge in [0.15, 0.2) is 17.5 Å². The van der Waals surface area contributed by atoms with Crippen LogP contribution in [0.4, 0.5) is 0 Å². The second kappa shape index (κ2) is 9.55. The van der Waals surface area contributed by atoms with E-state index in [0.29, 0.717) is 32.3 Å². The van der Waals surface area contributed by atoms with Gasteiger partial charge in [-0.1, -0.05) is 6.07 Å². The number of guanidine groups is 1. The predicted octanol–water partition coefficient (Wildman–Crippen LogP) is 1.93. The summed E-state index contributed by atoms with van der Waals surface area (Å²) < 4.78 is 16.7. The summed E-state index contributed by atoms with van der Waals surface area (Å²) in [6.45, 7) is 11.0. The number of carbonyl (C=O) groups excluding carboxylic acids is 1. The zero-order chi connectivity index (χ0) is 21.6. The maximum absolute atomic E-state index is 12.2. The third kappa shape index (κ3) is 5.78. The minimum absolute atomic E-state index is 0.0761. The molecule has 2 aliphatic heterocycles. The van der Waals surface area contributed by atoms with Crippen LogP contribution >= 0.6 is 0 Å². The Labute approximate surface area is 178 Å². The average Bonchev–Trinajstić information content (AvgIpc) is 3.17. The highest BCUT2D eigenvalue weighted by atomic mass is 16.7. The maximum atomic E-state index is 12.2. The number of rotatable bonds is 6. The van der Waals surface area contributed by atoms with Gasteiger partial charge >= 0.3 is 0 Å². The van der Waals surface area contributed by atoms with E-state index in [-0.39, 0.29) is 30.2 Å². The Balaban J connectivity index is 1.72. The molecule has 0 bridgehead atoms. The van der Waals surface area contributed by atoms with E-state index < -0.39 is 0 Å². The Kier molecular flexibility index (Phi) is 7.07. The van der Waals surface area contributed by atoms with Crippen LogP contribution in [-0.4, -0.2) is 57.0 Å². The van der Waals surface area contributed by atoms with Crippen LogP contribution in [0.5, 0.6) is 11.5 Å². The van der Waals surface area contributed by atoms with Crippen molar-refractivity contribution in [3.63, 3.8) is 0 Å². The molecule has 1 aromatic rings. The summed E-state index contributed by atoms with van der Waals surface area (Å²) in [5.74, 6) is 2.11. The monoisotopic (exact) mass is 418 g/mol. The van der Waals surface area contributed by atoms with Gasteiger partial charge in [0.2, 0.25) is 12.7 Å². The van der Waals surface area contributed by atoms with E-state index in [4.69, 9.17) is 14.2 Å². The molecule has 8 nitrogen and oxygen atoms in total. The van der Waals surface area contributed by atoms with Crippen molar-refractivity contribution in [1.29, 1.82) is 0 Å². The highest BCUT2D eigenvalue weighted by Gasteiger charge is 2.36. The van der Waals surface area contributed by atoms with Gasteiger partial charge in [0, 0.05) is 37.3 Å². The van der Waals surface area contributed by atoms with Gasteiger partial charge in [-0.2, -0.15) is 0 Å². The van der Waals surface area contributed by atoms with E-state index in [1.54, 1.807) is 0 Å². The Morgan fingerprint density at radius 2 is 1.87 bits per heavy atom. The molecule has 0 unspecified atom stereocenters. The van der Waals surface area contributed by atoms with Crippen LogP contribution in [0.2, 0.25) is 0 Å². The number of nitrogens with one attached hydrogen (secondary N) is 3. The molecular weight excluding hydrogens is 384 g/mol. The average molecular weight is 419 g/mol. The summed E-state index contributed by atoms with van der Waals surface area (Å²) in [6.07, 6.45) is 1.78. The third-order valence-corrected chi connectivity index (χ3v) is 5.27. The number of carbonyl (C=O) groups is 1. The largest absolute Gasteiger partial charge is 0.454 e. The van der Waals surface area contributed by atoms with Crippen LogP contribution in [-0.2, 0) is 14.9 Å². The molecule has 1 saturated heterocycles. The van der Waals surface area contributed by atoms with Crippen LogP contribution in [0.3, 0.4) is 0 Å². The van der Waals surface area contributed by atoms with E-state index in [1.807, 2.05) is 33.8 Å². The van der Waals surface area contributed by atoms with Gasteiger partial charge in [0.1, 0.15) is 6.54 Å². The van der Waals surface area contributed by atoms with Gasteiger partial charge in [-0.25, -0.2) is 4.99 Å². The number of hydrogen-bond donors (Lipinski definition) is 3. The second-order valence-corrected chi connectivity index (χ2v) is 8.81. The van der Waals surface area contributed by atoms with Gasteiger partial charge in [0.05, 0.1) is 0 Å². The van der Waals surface area contributed by atoms with Crippen molar-refractivity contribution in [2.75, 3.05) is 39.6 Å². The van der Waals surface area contributed by atoms with Crippen LogP contribution in [0.15, 0.2) is 23.2 Å². The Hall–Kier alpha value is -2.48. The van der Waals surface area contributed by atoms with Crippen LogP contribution in [0, 0.1) is 0 Å². The molecule has 0 spiro atoms. The van der Waals surface area contributed by atoms with Crippen molar-refractivity contribution in [1.82, 2.24) is 16.0 Å². The summed E-state index contributed by atoms with van der Waals surface area (Å²) in [5.41, 5.74) is 0.816.